The Morgan fingerprint density at radius 1 is 1.17 bits per heavy atom. The van der Waals surface area contributed by atoms with Crippen LogP contribution in [0.4, 0.5) is 0 Å². The number of benzene rings is 1. The number of hydrogen-bond acceptors (Lipinski definition) is 7. The highest BCUT2D eigenvalue weighted by atomic mass is 32.2. The van der Waals surface area contributed by atoms with Crippen LogP contribution in [0.3, 0.4) is 0 Å². The molecule has 8 heteroatoms. The molecule has 1 aromatic carbocycles. The van der Waals surface area contributed by atoms with Gasteiger partial charge in [-0.1, -0.05) is 42.1 Å². The fourth-order valence-corrected chi connectivity index (χ4v) is 6.16. The average molecular weight is 455 g/mol. The molecule has 0 amide bonds. The molecular formula is C22H22N4OS3. The SMILES string of the molecule is Cc1ccccc1-c1nc(CSc2nnc(-c3cccs3)n2C[C@H]2CCCO2)cs1. The zero-order valence-electron chi connectivity index (χ0n) is 16.7. The first-order valence-electron chi connectivity index (χ1n) is 10.00. The number of aromatic nitrogens is 4. The normalized spacial score (nSPS) is 16.4. The van der Waals surface area contributed by atoms with Gasteiger partial charge in [0.25, 0.3) is 0 Å². The fraction of sp³-hybridized carbons (Fsp3) is 0.318. The van der Waals surface area contributed by atoms with Gasteiger partial charge in [0.05, 0.1) is 23.2 Å². The molecule has 0 unspecified atom stereocenters. The molecule has 1 atom stereocenters. The maximum Gasteiger partial charge on any atom is 0.191 e. The molecule has 1 aliphatic rings. The molecule has 154 valence electrons. The van der Waals surface area contributed by atoms with Crippen molar-refractivity contribution >= 4 is 34.4 Å². The van der Waals surface area contributed by atoms with Gasteiger partial charge < -0.3 is 4.74 Å². The number of thioether (sulfide) groups is 1. The Morgan fingerprint density at radius 3 is 2.90 bits per heavy atom. The largest absolute Gasteiger partial charge is 0.376 e. The van der Waals surface area contributed by atoms with Gasteiger partial charge in [-0.25, -0.2) is 4.98 Å². The summed E-state index contributed by atoms with van der Waals surface area (Å²) >= 11 is 5.09. The zero-order valence-corrected chi connectivity index (χ0v) is 19.1. The average Bonchev–Trinajstić information content (AvgIpc) is 3.55. The highest BCUT2D eigenvalue weighted by molar-refractivity contribution is 7.98. The Kier molecular flexibility index (Phi) is 5.99. The molecule has 0 radical (unpaired) electrons. The predicted molar refractivity (Wildman–Crippen MR) is 124 cm³/mol. The summed E-state index contributed by atoms with van der Waals surface area (Å²) in [6.45, 7) is 3.78. The lowest BCUT2D eigenvalue weighted by molar-refractivity contribution is 0.0953. The number of hydrogen-bond donors (Lipinski definition) is 0. The van der Waals surface area contributed by atoms with E-state index in [0.717, 1.165) is 58.3 Å². The van der Waals surface area contributed by atoms with Crippen molar-refractivity contribution in [1.29, 1.82) is 0 Å². The van der Waals surface area contributed by atoms with Crippen LogP contribution in [0.25, 0.3) is 21.3 Å². The summed E-state index contributed by atoms with van der Waals surface area (Å²) in [6, 6.07) is 12.6. The Morgan fingerprint density at radius 2 is 2.10 bits per heavy atom. The van der Waals surface area contributed by atoms with E-state index >= 15 is 0 Å². The molecule has 0 saturated carbocycles. The summed E-state index contributed by atoms with van der Waals surface area (Å²) in [5.74, 6) is 1.71. The number of nitrogens with zero attached hydrogens (tertiary/aromatic N) is 4. The first kappa shape index (κ1) is 19.9. The maximum absolute atomic E-state index is 5.89. The summed E-state index contributed by atoms with van der Waals surface area (Å²) in [4.78, 5) is 6.01. The highest BCUT2D eigenvalue weighted by Gasteiger charge is 2.22. The predicted octanol–water partition coefficient (Wildman–Crippen LogP) is 5.91. The van der Waals surface area contributed by atoms with E-state index < -0.39 is 0 Å². The van der Waals surface area contributed by atoms with Gasteiger partial charge in [-0.15, -0.1) is 32.9 Å². The van der Waals surface area contributed by atoms with E-state index in [1.807, 2.05) is 0 Å². The number of thiophene rings is 1. The van der Waals surface area contributed by atoms with E-state index in [1.165, 1.54) is 11.1 Å². The van der Waals surface area contributed by atoms with Crippen LogP contribution in [0.2, 0.25) is 0 Å². The number of aryl methyl sites for hydroxylation is 1. The van der Waals surface area contributed by atoms with Gasteiger partial charge in [0.2, 0.25) is 0 Å². The molecule has 0 bridgehead atoms. The first-order chi connectivity index (χ1) is 14.8. The van der Waals surface area contributed by atoms with Crippen LogP contribution in [0.1, 0.15) is 24.1 Å². The van der Waals surface area contributed by atoms with Crippen LogP contribution in [-0.2, 0) is 17.0 Å². The first-order valence-corrected chi connectivity index (χ1v) is 12.7. The Hall–Kier alpha value is -2.00. The van der Waals surface area contributed by atoms with Crippen molar-refractivity contribution in [3.63, 3.8) is 0 Å². The third-order valence-corrected chi connectivity index (χ3v) is 7.94. The highest BCUT2D eigenvalue weighted by Crippen LogP contribution is 2.32. The minimum absolute atomic E-state index is 0.242. The Balaban J connectivity index is 1.35. The molecule has 4 aromatic rings. The molecule has 3 aromatic heterocycles. The molecule has 0 N–H and O–H groups in total. The minimum atomic E-state index is 0.242. The lowest BCUT2D eigenvalue weighted by Crippen LogP contribution is -2.16. The van der Waals surface area contributed by atoms with Gasteiger partial charge in [0.1, 0.15) is 5.01 Å². The lowest BCUT2D eigenvalue weighted by Gasteiger charge is -2.14. The number of thiazole rings is 1. The van der Waals surface area contributed by atoms with Gasteiger partial charge in [-0.3, -0.25) is 4.57 Å². The van der Waals surface area contributed by atoms with Crippen LogP contribution in [-0.4, -0.2) is 32.5 Å². The second-order valence-electron chi connectivity index (χ2n) is 7.28. The molecule has 1 aliphatic heterocycles. The maximum atomic E-state index is 5.89. The monoisotopic (exact) mass is 454 g/mol. The van der Waals surface area contributed by atoms with E-state index in [0.29, 0.717) is 0 Å². The third kappa shape index (κ3) is 4.23. The Labute approximate surface area is 188 Å². The van der Waals surface area contributed by atoms with E-state index in [-0.39, 0.29) is 6.10 Å². The van der Waals surface area contributed by atoms with Crippen LogP contribution in [0.15, 0.2) is 52.3 Å². The summed E-state index contributed by atoms with van der Waals surface area (Å²) in [5.41, 5.74) is 3.54. The van der Waals surface area contributed by atoms with Gasteiger partial charge in [-0.2, -0.15) is 0 Å². The smallest absolute Gasteiger partial charge is 0.191 e. The number of ether oxygens (including phenoxy) is 1. The van der Waals surface area contributed by atoms with Crippen LogP contribution in [0, 0.1) is 6.92 Å². The summed E-state index contributed by atoms with van der Waals surface area (Å²) in [5, 5.41) is 15.2. The van der Waals surface area contributed by atoms with E-state index in [2.05, 4.69) is 68.8 Å². The summed E-state index contributed by atoms with van der Waals surface area (Å²) < 4.78 is 8.11. The number of rotatable bonds is 7. The van der Waals surface area contributed by atoms with Gasteiger partial charge >= 0.3 is 0 Å². The second kappa shape index (κ2) is 9.01. The van der Waals surface area contributed by atoms with Crippen LogP contribution in [0.5, 0.6) is 0 Å². The molecule has 30 heavy (non-hydrogen) atoms. The summed E-state index contributed by atoms with van der Waals surface area (Å²) in [6.07, 6.45) is 2.47. The van der Waals surface area contributed by atoms with Crippen molar-refractivity contribution in [2.24, 2.45) is 0 Å². The molecule has 0 aliphatic carbocycles. The van der Waals surface area contributed by atoms with Crippen molar-refractivity contribution in [3.05, 3.63) is 58.4 Å². The minimum Gasteiger partial charge on any atom is -0.376 e. The van der Waals surface area contributed by atoms with Crippen molar-refractivity contribution < 1.29 is 4.74 Å². The van der Waals surface area contributed by atoms with Crippen molar-refractivity contribution in [3.8, 4) is 21.3 Å². The van der Waals surface area contributed by atoms with Gasteiger partial charge in [-0.05, 0) is 36.8 Å². The molecule has 0 spiro atoms. The molecular weight excluding hydrogens is 432 g/mol. The van der Waals surface area contributed by atoms with Gasteiger partial charge in [0.15, 0.2) is 11.0 Å². The topological polar surface area (TPSA) is 52.8 Å². The molecule has 4 heterocycles. The fourth-order valence-electron chi connectivity index (χ4n) is 3.59. The van der Waals surface area contributed by atoms with Crippen LogP contribution >= 0.6 is 34.4 Å². The summed E-state index contributed by atoms with van der Waals surface area (Å²) in [7, 11) is 0. The van der Waals surface area contributed by atoms with Crippen molar-refractivity contribution in [2.45, 2.75) is 43.3 Å². The zero-order chi connectivity index (χ0) is 20.3. The van der Waals surface area contributed by atoms with Crippen LogP contribution < -0.4 is 0 Å². The molecule has 1 fully saturated rings. The molecule has 5 rings (SSSR count). The van der Waals surface area contributed by atoms with Crippen molar-refractivity contribution in [1.82, 2.24) is 19.7 Å². The van der Waals surface area contributed by atoms with Crippen molar-refractivity contribution in [2.75, 3.05) is 6.61 Å². The third-order valence-electron chi connectivity index (χ3n) is 5.14. The standard InChI is InChI=1S/C22H22N4OS3/c1-15-6-2-3-8-18(15)21-23-16(13-29-21)14-30-22-25-24-20(19-9-5-11-28-19)26(22)12-17-7-4-10-27-17/h2-3,5-6,8-9,11,13,17H,4,7,10,12,14H2,1H3/t17-/m1/s1. The van der Waals surface area contributed by atoms with E-state index in [4.69, 9.17) is 9.72 Å². The quantitative estimate of drug-likeness (QED) is 0.325. The van der Waals surface area contributed by atoms with E-state index in [1.54, 1.807) is 34.4 Å². The Bertz CT molecular complexity index is 1110. The second-order valence-corrected chi connectivity index (χ2v) is 10.0. The molecule has 5 nitrogen and oxygen atoms in total. The van der Waals surface area contributed by atoms with E-state index in [9.17, 15) is 0 Å². The van der Waals surface area contributed by atoms with Gasteiger partial charge in [0, 0.05) is 23.3 Å². The molecule has 1 saturated heterocycles. The lowest BCUT2D eigenvalue weighted by atomic mass is 10.1.